The summed E-state index contributed by atoms with van der Waals surface area (Å²) in [6.07, 6.45) is 1.17. The van der Waals surface area contributed by atoms with Crippen molar-refractivity contribution in [1.82, 2.24) is 0 Å². The summed E-state index contributed by atoms with van der Waals surface area (Å²) in [6, 6.07) is 4.88. The molecule has 1 atom stereocenters. The van der Waals surface area contributed by atoms with Crippen LogP contribution in [0.1, 0.15) is 18.4 Å². The summed E-state index contributed by atoms with van der Waals surface area (Å²) in [5, 5.41) is 0. The number of hydrogen-bond donors (Lipinski definition) is 1. The minimum Gasteiger partial charge on any atom is -0.496 e. The van der Waals surface area contributed by atoms with Crippen LogP contribution in [0.2, 0.25) is 0 Å². The maximum atomic E-state index is 11.4. The zero-order valence-corrected chi connectivity index (χ0v) is 10.5. The molecular formula is C11H17NO3S. The Balaban J connectivity index is 3.27. The van der Waals surface area contributed by atoms with Gasteiger partial charge in [0.1, 0.15) is 5.75 Å². The molecule has 1 unspecified atom stereocenters. The van der Waals surface area contributed by atoms with Crippen LogP contribution in [-0.4, -0.2) is 28.3 Å². The molecule has 0 saturated carbocycles. The predicted octanol–water partition coefficient (Wildman–Crippen LogP) is 1.16. The SMILES string of the molecule is COc1cc(S(C)(=O)=O)ccc1C(C)CN. The van der Waals surface area contributed by atoms with Gasteiger partial charge in [0.2, 0.25) is 0 Å². The van der Waals surface area contributed by atoms with E-state index in [1.54, 1.807) is 12.1 Å². The van der Waals surface area contributed by atoms with Gasteiger partial charge < -0.3 is 10.5 Å². The molecular weight excluding hydrogens is 226 g/mol. The Hall–Kier alpha value is -1.07. The van der Waals surface area contributed by atoms with Gasteiger partial charge in [0.15, 0.2) is 9.84 Å². The van der Waals surface area contributed by atoms with E-state index >= 15 is 0 Å². The van der Waals surface area contributed by atoms with Gasteiger partial charge in [-0.05, 0) is 30.2 Å². The van der Waals surface area contributed by atoms with Crippen LogP contribution in [0, 0.1) is 0 Å². The molecule has 0 radical (unpaired) electrons. The van der Waals surface area contributed by atoms with E-state index in [0.29, 0.717) is 12.3 Å². The molecule has 1 aromatic rings. The first-order valence-corrected chi connectivity index (χ1v) is 6.87. The van der Waals surface area contributed by atoms with Crippen LogP contribution < -0.4 is 10.5 Å². The average Bonchev–Trinajstić information content (AvgIpc) is 2.26. The first-order chi connectivity index (χ1) is 7.40. The van der Waals surface area contributed by atoms with Gasteiger partial charge in [-0.1, -0.05) is 13.0 Å². The Morgan fingerprint density at radius 1 is 1.44 bits per heavy atom. The molecule has 0 aliphatic carbocycles. The van der Waals surface area contributed by atoms with Gasteiger partial charge in [0.05, 0.1) is 12.0 Å². The smallest absolute Gasteiger partial charge is 0.175 e. The lowest BCUT2D eigenvalue weighted by Crippen LogP contribution is -2.10. The molecule has 0 aliphatic rings. The van der Waals surface area contributed by atoms with Crippen LogP contribution >= 0.6 is 0 Å². The first-order valence-electron chi connectivity index (χ1n) is 4.98. The van der Waals surface area contributed by atoms with Crippen molar-refractivity contribution in [3.05, 3.63) is 23.8 Å². The summed E-state index contributed by atoms with van der Waals surface area (Å²) in [5.41, 5.74) is 6.51. The van der Waals surface area contributed by atoms with Gasteiger partial charge >= 0.3 is 0 Å². The molecule has 4 nitrogen and oxygen atoms in total. The normalized spacial score (nSPS) is 13.5. The lowest BCUT2D eigenvalue weighted by atomic mass is 10.0. The second-order valence-electron chi connectivity index (χ2n) is 3.81. The fraction of sp³-hybridized carbons (Fsp3) is 0.455. The van der Waals surface area contributed by atoms with E-state index < -0.39 is 9.84 Å². The molecule has 2 N–H and O–H groups in total. The minimum atomic E-state index is -3.20. The third kappa shape index (κ3) is 2.74. The summed E-state index contributed by atoms with van der Waals surface area (Å²) in [5.74, 6) is 0.712. The fourth-order valence-corrected chi connectivity index (χ4v) is 2.09. The molecule has 0 aliphatic heterocycles. The molecule has 1 aromatic carbocycles. The second-order valence-corrected chi connectivity index (χ2v) is 5.83. The molecule has 0 bridgehead atoms. The average molecular weight is 243 g/mol. The van der Waals surface area contributed by atoms with Crippen molar-refractivity contribution in [2.45, 2.75) is 17.7 Å². The number of rotatable bonds is 4. The molecule has 0 fully saturated rings. The van der Waals surface area contributed by atoms with Crippen molar-refractivity contribution in [1.29, 1.82) is 0 Å². The number of methoxy groups -OCH3 is 1. The van der Waals surface area contributed by atoms with E-state index in [2.05, 4.69) is 0 Å². The van der Waals surface area contributed by atoms with E-state index in [-0.39, 0.29) is 10.8 Å². The van der Waals surface area contributed by atoms with Crippen molar-refractivity contribution >= 4 is 9.84 Å². The maximum absolute atomic E-state index is 11.4. The van der Waals surface area contributed by atoms with Crippen LogP contribution in [0.4, 0.5) is 0 Å². The Bertz CT molecular complexity index is 468. The summed E-state index contributed by atoms with van der Waals surface area (Å²) in [4.78, 5) is 0.261. The Kier molecular flexibility index (Phi) is 3.93. The zero-order valence-electron chi connectivity index (χ0n) is 9.73. The van der Waals surface area contributed by atoms with Gasteiger partial charge in [0.25, 0.3) is 0 Å². The van der Waals surface area contributed by atoms with Crippen LogP contribution in [-0.2, 0) is 9.84 Å². The summed E-state index contributed by atoms with van der Waals surface area (Å²) >= 11 is 0. The van der Waals surface area contributed by atoms with Gasteiger partial charge in [-0.25, -0.2) is 8.42 Å². The molecule has 1 rings (SSSR count). The van der Waals surface area contributed by atoms with Crippen LogP contribution in [0.15, 0.2) is 23.1 Å². The highest BCUT2D eigenvalue weighted by Gasteiger charge is 2.14. The molecule has 90 valence electrons. The highest BCUT2D eigenvalue weighted by Crippen LogP contribution is 2.28. The first kappa shape index (κ1) is 13.0. The van der Waals surface area contributed by atoms with E-state index in [1.807, 2.05) is 6.92 Å². The standard InChI is InChI=1S/C11H17NO3S/c1-8(7-12)10-5-4-9(16(3,13)14)6-11(10)15-2/h4-6,8H,7,12H2,1-3H3. The van der Waals surface area contributed by atoms with E-state index in [9.17, 15) is 8.42 Å². The quantitative estimate of drug-likeness (QED) is 0.861. The van der Waals surface area contributed by atoms with Gasteiger partial charge in [0, 0.05) is 6.26 Å². The Morgan fingerprint density at radius 2 is 2.06 bits per heavy atom. The third-order valence-electron chi connectivity index (χ3n) is 2.52. The lowest BCUT2D eigenvalue weighted by molar-refractivity contribution is 0.405. The summed E-state index contributed by atoms with van der Waals surface area (Å²) in [6.45, 7) is 2.46. The number of sulfone groups is 1. The van der Waals surface area contributed by atoms with Crippen LogP contribution in [0.25, 0.3) is 0 Å². The molecule has 16 heavy (non-hydrogen) atoms. The van der Waals surface area contributed by atoms with Crippen LogP contribution in [0.5, 0.6) is 5.75 Å². The second kappa shape index (κ2) is 4.84. The lowest BCUT2D eigenvalue weighted by Gasteiger charge is -2.14. The zero-order chi connectivity index (χ0) is 12.3. The van der Waals surface area contributed by atoms with Gasteiger partial charge in [-0.15, -0.1) is 0 Å². The van der Waals surface area contributed by atoms with Gasteiger partial charge in [-0.2, -0.15) is 0 Å². The Labute approximate surface area is 96.3 Å². The van der Waals surface area contributed by atoms with Crippen molar-refractivity contribution < 1.29 is 13.2 Å². The van der Waals surface area contributed by atoms with Crippen molar-refractivity contribution in [3.8, 4) is 5.75 Å². The van der Waals surface area contributed by atoms with Crippen molar-refractivity contribution in [2.75, 3.05) is 19.9 Å². The topological polar surface area (TPSA) is 69.4 Å². The highest BCUT2D eigenvalue weighted by molar-refractivity contribution is 7.90. The minimum absolute atomic E-state index is 0.142. The predicted molar refractivity (Wildman–Crippen MR) is 63.6 cm³/mol. The monoisotopic (exact) mass is 243 g/mol. The molecule has 0 saturated heterocycles. The number of benzene rings is 1. The Morgan fingerprint density at radius 3 is 2.50 bits per heavy atom. The van der Waals surface area contributed by atoms with Crippen molar-refractivity contribution in [3.63, 3.8) is 0 Å². The number of ether oxygens (including phenoxy) is 1. The highest BCUT2D eigenvalue weighted by atomic mass is 32.2. The third-order valence-corrected chi connectivity index (χ3v) is 3.63. The van der Waals surface area contributed by atoms with E-state index in [0.717, 1.165) is 5.56 Å². The van der Waals surface area contributed by atoms with Crippen LogP contribution in [0.3, 0.4) is 0 Å². The maximum Gasteiger partial charge on any atom is 0.175 e. The van der Waals surface area contributed by atoms with Crippen molar-refractivity contribution in [2.24, 2.45) is 5.73 Å². The summed E-state index contributed by atoms with van der Waals surface area (Å²) < 4.78 is 27.9. The fourth-order valence-electron chi connectivity index (χ4n) is 1.46. The largest absolute Gasteiger partial charge is 0.496 e. The van der Waals surface area contributed by atoms with Gasteiger partial charge in [-0.3, -0.25) is 0 Å². The molecule has 0 aromatic heterocycles. The molecule has 5 heteroatoms. The molecule has 0 spiro atoms. The van der Waals surface area contributed by atoms with E-state index in [1.165, 1.54) is 19.4 Å². The number of hydrogen-bond acceptors (Lipinski definition) is 4. The number of nitrogens with two attached hydrogens (primary N) is 1. The van der Waals surface area contributed by atoms with E-state index in [4.69, 9.17) is 10.5 Å². The summed E-state index contributed by atoms with van der Waals surface area (Å²) in [7, 11) is -1.67. The molecule has 0 amide bonds. The molecule has 0 heterocycles.